The predicted octanol–water partition coefficient (Wildman–Crippen LogP) is 1.93. The Morgan fingerprint density at radius 3 is 2.95 bits per heavy atom. The third-order valence-corrected chi connectivity index (χ3v) is 3.66. The molecule has 0 saturated heterocycles. The normalized spacial score (nSPS) is 12.1. The molecule has 0 saturated carbocycles. The van der Waals surface area contributed by atoms with Gasteiger partial charge in [-0.3, -0.25) is 9.59 Å². The van der Waals surface area contributed by atoms with Crippen molar-refractivity contribution in [1.82, 2.24) is 9.88 Å². The number of aromatic nitrogens is 1. The van der Waals surface area contributed by atoms with Crippen molar-refractivity contribution in [3.8, 4) is 0 Å². The zero-order valence-electron chi connectivity index (χ0n) is 10.3. The summed E-state index contributed by atoms with van der Waals surface area (Å²) < 4.78 is 14.0. The van der Waals surface area contributed by atoms with Crippen molar-refractivity contribution in [1.29, 1.82) is 0 Å². The maximum Gasteiger partial charge on any atom is 0.251 e. The van der Waals surface area contributed by atoms with E-state index in [1.54, 1.807) is 11.3 Å². The van der Waals surface area contributed by atoms with Crippen LogP contribution < -0.4 is 10.9 Å². The Kier molecular flexibility index (Phi) is 4.11. The van der Waals surface area contributed by atoms with Gasteiger partial charge in [0.25, 0.3) is 5.56 Å². The van der Waals surface area contributed by atoms with Crippen LogP contribution in [0.1, 0.15) is 17.8 Å². The van der Waals surface area contributed by atoms with E-state index in [2.05, 4.69) is 5.32 Å². The molecular formula is C13H13FN2O2S. The summed E-state index contributed by atoms with van der Waals surface area (Å²) in [6.45, 7) is 1.67. The van der Waals surface area contributed by atoms with Crippen molar-refractivity contribution in [3.63, 3.8) is 0 Å². The van der Waals surface area contributed by atoms with Crippen molar-refractivity contribution < 1.29 is 9.18 Å². The summed E-state index contributed by atoms with van der Waals surface area (Å²) in [6.07, 6.45) is 1.03. The van der Waals surface area contributed by atoms with Gasteiger partial charge >= 0.3 is 0 Å². The molecule has 0 aliphatic heterocycles. The summed E-state index contributed by atoms with van der Waals surface area (Å²) >= 11 is 1.54. The van der Waals surface area contributed by atoms with Gasteiger partial charge in [-0.1, -0.05) is 6.07 Å². The summed E-state index contributed by atoms with van der Waals surface area (Å²) in [5.74, 6) is -0.868. The van der Waals surface area contributed by atoms with Crippen LogP contribution in [-0.2, 0) is 11.3 Å². The second-order valence-electron chi connectivity index (χ2n) is 4.12. The topological polar surface area (TPSA) is 51.1 Å². The lowest BCUT2D eigenvalue weighted by molar-refractivity contribution is -0.122. The number of hydrogen-bond acceptors (Lipinski definition) is 3. The van der Waals surface area contributed by atoms with Crippen LogP contribution in [0, 0.1) is 5.82 Å². The fourth-order valence-corrected chi connectivity index (χ4v) is 2.41. The van der Waals surface area contributed by atoms with Gasteiger partial charge in [-0.05, 0) is 24.4 Å². The zero-order chi connectivity index (χ0) is 13.8. The van der Waals surface area contributed by atoms with Crippen molar-refractivity contribution in [3.05, 3.63) is 56.9 Å². The third kappa shape index (κ3) is 3.51. The largest absolute Gasteiger partial charge is 0.347 e. The highest BCUT2D eigenvalue weighted by molar-refractivity contribution is 7.10. The summed E-state index contributed by atoms with van der Waals surface area (Å²) in [4.78, 5) is 24.3. The van der Waals surface area contributed by atoms with Crippen molar-refractivity contribution >= 4 is 17.2 Å². The Hall–Kier alpha value is -1.95. The Morgan fingerprint density at radius 2 is 2.26 bits per heavy atom. The number of thiophene rings is 1. The van der Waals surface area contributed by atoms with Crippen LogP contribution >= 0.6 is 11.3 Å². The Balaban J connectivity index is 2.02. The number of halogens is 1. The molecule has 0 radical (unpaired) electrons. The van der Waals surface area contributed by atoms with Gasteiger partial charge < -0.3 is 9.88 Å². The fourth-order valence-electron chi connectivity index (χ4n) is 1.68. The molecule has 4 nitrogen and oxygen atoms in total. The SMILES string of the molecule is C[C@@H](NC(=O)Cn1cc(F)ccc1=O)c1cccs1. The number of pyridine rings is 1. The highest BCUT2D eigenvalue weighted by Gasteiger charge is 2.11. The Morgan fingerprint density at radius 1 is 1.47 bits per heavy atom. The highest BCUT2D eigenvalue weighted by Crippen LogP contribution is 2.17. The van der Waals surface area contributed by atoms with E-state index in [1.165, 1.54) is 0 Å². The number of nitrogens with zero attached hydrogens (tertiary/aromatic N) is 1. The molecule has 19 heavy (non-hydrogen) atoms. The van der Waals surface area contributed by atoms with Crippen LogP contribution in [0.15, 0.2) is 40.6 Å². The molecule has 1 atom stereocenters. The van der Waals surface area contributed by atoms with Crippen molar-refractivity contribution in [2.24, 2.45) is 0 Å². The molecule has 2 heterocycles. The highest BCUT2D eigenvalue weighted by atomic mass is 32.1. The Bertz CT molecular complexity index is 622. The maximum absolute atomic E-state index is 13.0. The van der Waals surface area contributed by atoms with E-state index in [-0.39, 0.29) is 18.5 Å². The minimum absolute atomic E-state index is 0.128. The number of nitrogens with one attached hydrogen (secondary N) is 1. The van der Waals surface area contributed by atoms with Gasteiger partial charge in [-0.2, -0.15) is 0 Å². The molecule has 0 aliphatic carbocycles. The smallest absolute Gasteiger partial charge is 0.251 e. The molecule has 0 unspecified atom stereocenters. The van der Waals surface area contributed by atoms with Crippen LogP contribution in [0.2, 0.25) is 0 Å². The van der Waals surface area contributed by atoms with Gasteiger partial charge in [0.15, 0.2) is 0 Å². The van der Waals surface area contributed by atoms with Gasteiger partial charge in [0.1, 0.15) is 12.4 Å². The maximum atomic E-state index is 13.0. The van der Waals surface area contributed by atoms with Gasteiger partial charge in [-0.15, -0.1) is 11.3 Å². The molecule has 1 N–H and O–H groups in total. The van der Waals surface area contributed by atoms with E-state index in [0.717, 1.165) is 27.8 Å². The van der Waals surface area contributed by atoms with E-state index < -0.39 is 11.4 Å². The van der Waals surface area contributed by atoms with E-state index >= 15 is 0 Å². The van der Waals surface area contributed by atoms with E-state index in [4.69, 9.17) is 0 Å². The monoisotopic (exact) mass is 280 g/mol. The first-order valence-electron chi connectivity index (χ1n) is 5.75. The molecule has 0 bridgehead atoms. The molecule has 0 fully saturated rings. The third-order valence-electron chi connectivity index (χ3n) is 2.61. The quantitative estimate of drug-likeness (QED) is 0.930. The molecule has 0 aromatic carbocycles. The number of rotatable bonds is 4. The number of amides is 1. The zero-order valence-corrected chi connectivity index (χ0v) is 11.1. The first-order valence-corrected chi connectivity index (χ1v) is 6.63. The van der Waals surface area contributed by atoms with Crippen LogP contribution in [0.3, 0.4) is 0 Å². The molecule has 2 aromatic heterocycles. The lowest BCUT2D eigenvalue weighted by Crippen LogP contribution is -2.33. The number of carbonyl (C=O) groups excluding carboxylic acids is 1. The average Bonchev–Trinajstić information content (AvgIpc) is 2.87. The van der Waals surface area contributed by atoms with Crippen LogP contribution in [0.5, 0.6) is 0 Å². The lowest BCUT2D eigenvalue weighted by atomic mass is 10.3. The molecule has 2 rings (SSSR count). The second kappa shape index (κ2) is 5.79. The minimum Gasteiger partial charge on any atom is -0.347 e. The summed E-state index contributed by atoms with van der Waals surface area (Å²) in [5, 5.41) is 4.69. The van der Waals surface area contributed by atoms with E-state index in [1.807, 2.05) is 24.4 Å². The molecule has 0 aliphatic rings. The second-order valence-corrected chi connectivity index (χ2v) is 5.10. The number of hydrogen-bond donors (Lipinski definition) is 1. The minimum atomic E-state index is -0.543. The lowest BCUT2D eigenvalue weighted by Gasteiger charge is -2.13. The fraction of sp³-hybridized carbons (Fsp3) is 0.231. The van der Waals surface area contributed by atoms with E-state index in [0.29, 0.717) is 0 Å². The van der Waals surface area contributed by atoms with Crippen LogP contribution in [-0.4, -0.2) is 10.5 Å². The number of carbonyl (C=O) groups is 1. The van der Waals surface area contributed by atoms with Gasteiger partial charge in [-0.25, -0.2) is 4.39 Å². The van der Waals surface area contributed by atoms with Crippen LogP contribution in [0.25, 0.3) is 0 Å². The molecule has 1 amide bonds. The van der Waals surface area contributed by atoms with Crippen molar-refractivity contribution in [2.75, 3.05) is 0 Å². The van der Waals surface area contributed by atoms with Gasteiger partial charge in [0.2, 0.25) is 5.91 Å². The predicted molar refractivity (Wildman–Crippen MR) is 71.5 cm³/mol. The molecule has 0 spiro atoms. The molecule has 100 valence electrons. The first-order chi connectivity index (χ1) is 9.06. The summed E-state index contributed by atoms with van der Waals surface area (Å²) in [6, 6.07) is 5.87. The van der Waals surface area contributed by atoms with Gasteiger partial charge in [0, 0.05) is 17.1 Å². The van der Waals surface area contributed by atoms with Crippen LogP contribution in [0.4, 0.5) is 4.39 Å². The molecular weight excluding hydrogens is 267 g/mol. The standard InChI is InChI=1S/C13H13FN2O2S/c1-9(11-3-2-6-19-11)15-12(17)8-16-7-10(14)4-5-13(16)18/h2-7,9H,8H2,1H3,(H,15,17)/t9-/m1/s1. The molecule has 2 aromatic rings. The van der Waals surface area contributed by atoms with E-state index in [9.17, 15) is 14.0 Å². The Labute approximate surface area is 113 Å². The van der Waals surface area contributed by atoms with Gasteiger partial charge in [0.05, 0.1) is 6.04 Å². The summed E-state index contributed by atoms with van der Waals surface area (Å²) in [7, 11) is 0. The van der Waals surface area contributed by atoms with Crippen molar-refractivity contribution in [2.45, 2.75) is 19.5 Å². The average molecular weight is 280 g/mol. The first kappa shape index (κ1) is 13.5. The summed E-state index contributed by atoms with van der Waals surface area (Å²) in [5.41, 5.74) is -0.402. The molecule has 6 heteroatoms.